The van der Waals surface area contributed by atoms with Crippen LogP contribution in [-0.4, -0.2) is 57.0 Å². The number of hydrogen-bond acceptors (Lipinski definition) is 6. The Bertz CT molecular complexity index is 765. The number of amides is 1. The molecule has 3 fully saturated rings. The van der Waals surface area contributed by atoms with Crippen LogP contribution in [0.2, 0.25) is 0 Å². The lowest BCUT2D eigenvalue weighted by atomic mass is 9.75. The van der Waals surface area contributed by atoms with E-state index in [4.69, 9.17) is 4.74 Å². The van der Waals surface area contributed by atoms with Gasteiger partial charge in [0.2, 0.25) is 5.91 Å². The number of methoxy groups -OCH3 is 1. The van der Waals surface area contributed by atoms with Gasteiger partial charge in [-0.1, -0.05) is 11.3 Å². The number of piperidine rings is 3. The molecule has 8 nitrogen and oxygen atoms in total. The average Bonchev–Trinajstić information content (AvgIpc) is 3.14. The summed E-state index contributed by atoms with van der Waals surface area (Å²) in [6.45, 7) is 3.73. The Morgan fingerprint density at radius 1 is 1.44 bits per heavy atom. The molecule has 2 unspecified atom stereocenters. The second-order valence-corrected chi connectivity index (χ2v) is 7.48. The standard InChI is InChI=1S/C19H26N6O2/c1-27-13-16-10-25(23-22-16)11-17-7-15-4-6-24(17)12-18(15)19(26)21-9-14-3-2-5-20-8-14/h2-3,5,8,10,15,17-18H,4,6-7,9,11-13H2,1H3,(H,21,26)/t15?,17-,18+/m1/s1. The smallest absolute Gasteiger partial charge is 0.224 e. The molecule has 0 radical (unpaired) electrons. The van der Waals surface area contributed by atoms with Crippen LogP contribution < -0.4 is 5.32 Å². The quantitative estimate of drug-likeness (QED) is 0.778. The minimum Gasteiger partial charge on any atom is -0.378 e. The van der Waals surface area contributed by atoms with Crippen molar-refractivity contribution in [2.45, 2.75) is 38.6 Å². The van der Waals surface area contributed by atoms with Crippen molar-refractivity contribution in [3.8, 4) is 0 Å². The van der Waals surface area contributed by atoms with Crippen LogP contribution in [-0.2, 0) is 29.2 Å². The summed E-state index contributed by atoms with van der Waals surface area (Å²) in [6, 6.07) is 4.29. The Kier molecular flexibility index (Phi) is 5.45. The fraction of sp³-hybridized carbons (Fsp3) is 0.579. The van der Waals surface area contributed by atoms with Crippen LogP contribution in [0.1, 0.15) is 24.1 Å². The summed E-state index contributed by atoms with van der Waals surface area (Å²) >= 11 is 0. The van der Waals surface area contributed by atoms with Gasteiger partial charge in [0.1, 0.15) is 5.69 Å². The zero-order valence-corrected chi connectivity index (χ0v) is 15.6. The van der Waals surface area contributed by atoms with Crippen molar-refractivity contribution in [3.63, 3.8) is 0 Å². The van der Waals surface area contributed by atoms with Crippen molar-refractivity contribution in [1.29, 1.82) is 0 Å². The van der Waals surface area contributed by atoms with Gasteiger partial charge < -0.3 is 10.1 Å². The van der Waals surface area contributed by atoms with Gasteiger partial charge in [0, 0.05) is 38.6 Å². The molecule has 1 amide bonds. The van der Waals surface area contributed by atoms with Crippen molar-refractivity contribution in [1.82, 2.24) is 30.2 Å². The Hall–Kier alpha value is -2.32. The molecule has 2 aromatic rings. The first-order chi connectivity index (χ1) is 13.2. The van der Waals surface area contributed by atoms with E-state index >= 15 is 0 Å². The topological polar surface area (TPSA) is 85.2 Å². The van der Waals surface area contributed by atoms with Crippen molar-refractivity contribution in [3.05, 3.63) is 42.0 Å². The van der Waals surface area contributed by atoms with E-state index in [2.05, 4.69) is 25.5 Å². The molecule has 1 N–H and O–H groups in total. The summed E-state index contributed by atoms with van der Waals surface area (Å²) in [6.07, 6.45) is 7.61. The maximum atomic E-state index is 12.7. The molecule has 5 heterocycles. The minimum absolute atomic E-state index is 0.0754. The average molecular weight is 370 g/mol. The predicted octanol–water partition coefficient (Wildman–Crippen LogP) is 0.846. The van der Waals surface area contributed by atoms with Crippen LogP contribution in [0.25, 0.3) is 0 Å². The van der Waals surface area contributed by atoms with Gasteiger partial charge in [-0.3, -0.25) is 19.4 Å². The van der Waals surface area contributed by atoms with Gasteiger partial charge in [-0.05, 0) is 36.9 Å². The lowest BCUT2D eigenvalue weighted by Gasteiger charge is -2.49. The normalized spacial score (nSPS) is 26.9. The zero-order valence-electron chi connectivity index (χ0n) is 15.6. The van der Waals surface area contributed by atoms with E-state index in [0.717, 1.165) is 43.7 Å². The molecule has 0 saturated carbocycles. The maximum absolute atomic E-state index is 12.7. The van der Waals surface area contributed by atoms with Crippen LogP contribution in [0, 0.1) is 11.8 Å². The van der Waals surface area contributed by atoms with E-state index in [9.17, 15) is 4.79 Å². The summed E-state index contributed by atoms with van der Waals surface area (Å²) in [5.41, 5.74) is 1.88. The highest BCUT2D eigenvalue weighted by Gasteiger charge is 2.43. The van der Waals surface area contributed by atoms with E-state index in [1.54, 1.807) is 19.5 Å². The number of nitrogens with zero attached hydrogens (tertiary/aromatic N) is 5. The summed E-state index contributed by atoms with van der Waals surface area (Å²) in [4.78, 5) is 19.2. The number of carbonyl (C=O) groups excluding carboxylic acids is 1. The molecule has 2 bridgehead atoms. The highest BCUT2D eigenvalue weighted by Crippen LogP contribution is 2.36. The molecule has 2 aromatic heterocycles. The van der Waals surface area contributed by atoms with Gasteiger partial charge in [-0.25, -0.2) is 0 Å². The molecule has 4 atom stereocenters. The van der Waals surface area contributed by atoms with Crippen molar-refractivity contribution < 1.29 is 9.53 Å². The van der Waals surface area contributed by atoms with Gasteiger partial charge in [0.25, 0.3) is 0 Å². The van der Waals surface area contributed by atoms with Crippen molar-refractivity contribution in [2.75, 3.05) is 20.2 Å². The highest BCUT2D eigenvalue weighted by atomic mass is 16.5. The van der Waals surface area contributed by atoms with Gasteiger partial charge in [-0.2, -0.15) is 0 Å². The summed E-state index contributed by atoms with van der Waals surface area (Å²) in [5, 5.41) is 11.4. The van der Waals surface area contributed by atoms with Gasteiger partial charge in [0.15, 0.2) is 0 Å². The third-order valence-electron chi connectivity index (χ3n) is 5.68. The van der Waals surface area contributed by atoms with E-state index in [1.165, 1.54) is 0 Å². The molecule has 0 aromatic carbocycles. The number of rotatable bonds is 7. The number of pyridine rings is 1. The molecule has 3 aliphatic heterocycles. The molecule has 3 saturated heterocycles. The number of carbonyl (C=O) groups is 1. The van der Waals surface area contributed by atoms with Crippen LogP contribution >= 0.6 is 0 Å². The molecule has 0 spiro atoms. The zero-order chi connectivity index (χ0) is 18.6. The molecular weight excluding hydrogens is 344 g/mol. The number of nitrogens with one attached hydrogen (secondary N) is 1. The maximum Gasteiger partial charge on any atom is 0.224 e. The number of ether oxygens (including phenoxy) is 1. The second-order valence-electron chi connectivity index (χ2n) is 7.48. The Morgan fingerprint density at radius 2 is 2.37 bits per heavy atom. The first kappa shape index (κ1) is 18.1. The van der Waals surface area contributed by atoms with Crippen LogP contribution in [0.3, 0.4) is 0 Å². The van der Waals surface area contributed by atoms with Crippen LogP contribution in [0.15, 0.2) is 30.7 Å². The fourth-order valence-electron chi connectivity index (χ4n) is 4.31. The van der Waals surface area contributed by atoms with Gasteiger partial charge in [-0.15, -0.1) is 5.10 Å². The fourth-order valence-corrected chi connectivity index (χ4v) is 4.31. The van der Waals surface area contributed by atoms with E-state index in [-0.39, 0.29) is 11.8 Å². The molecule has 8 heteroatoms. The van der Waals surface area contributed by atoms with Gasteiger partial charge in [0.05, 0.1) is 25.3 Å². The Labute approximate surface area is 158 Å². The second kappa shape index (κ2) is 8.14. The molecule has 3 aliphatic rings. The molecular formula is C19H26N6O2. The van der Waals surface area contributed by atoms with E-state index in [1.807, 2.05) is 23.0 Å². The molecule has 0 aliphatic carbocycles. The van der Waals surface area contributed by atoms with Crippen LogP contribution in [0.5, 0.6) is 0 Å². The largest absolute Gasteiger partial charge is 0.378 e. The minimum atomic E-state index is 0.0754. The van der Waals surface area contributed by atoms with Crippen molar-refractivity contribution in [2.24, 2.45) is 11.8 Å². The molecule has 144 valence electrons. The first-order valence-electron chi connectivity index (χ1n) is 9.51. The van der Waals surface area contributed by atoms with E-state index < -0.39 is 0 Å². The molecule has 27 heavy (non-hydrogen) atoms. The predicted molar refractivity (Wildman–Crippen MR) is 98.4 cm³/mol. The lowest BCUT2D eigenvalue weighted by Crippen LogP contribution is -2.58. The summed E-state index contributed by atoms with van der Waals surface area (Å²) in [7, 11) is 1.66. The third kappa shape index (κ3) is 4.17. The summed E-state index contributed by atoms with van der Waals surface area (Å²) < 4.78 is 7.00. The third-order valence-corrected chi connectivity index (χ3v) is 5.68. The number of fused-ring (bicyclic) bond motifs is 3. The van der Waals surface area contributed by atoms with Crippen molar-refractivity contribution >= 4 is 5.91 Å². The SMILES string of the molecule is COCc1cn(C[C@H]2CC3CCN2C[C@@H]3C(=O)NCc2cccnc2)nn1. The first-order valence-corrected chi connectivity index (χ1v) is 9.51. The number of hydrogen-bond donors (Lipinski definition) is 1. The van der Waals surface area contributed by atoms with Gasteiger partial charge >= 0.3 is 0 Å². The molecule has 5 rings (SSSR count). The monoisotopic (exact) mass is 370 g/mol. The lowest BCUT2D eigenvalue weighted by molar-refractivity contribution is -0.133. The van der Waals surface area contributed by atoms with Crippen LogP contribution in [0.4, 0.5) is 0 Å². The van der Waals surface area contributed by atoms with E-state index in [0.29, 0.717) is 25.1 Å². The summed E-state index contributed by atoms with van der Waals surface area (Å²) in [5.74, 6) is 0.678. The number of aromatic nitrogens is 4. The Morgan fingerprint density at radius 3 is 3.11 bits per heavy atom. The Balaban J connectivity index is 1.32. The highest BCUT2D eigenvalue weighted by molar-refractivity contribution is 5.79.